The summed E-state index contributed by atoms with van der Waals surface area (Å²) in [4.78, 5) is 15.9. The first kappa shape index (κ1) is 23.4. The van der Waals surface area contributed by atoms with Crippen LogP contribution in [-0.4, -0.2) is 68.1 Å². The van der Waals surface area contributed by atoms with Crippen molar-refractivity contribution >= 4 is 33.3 Å². The molecule has 0 radical (unpaired) electrons. The van der Waals surface area contributed by atoms with Crippen molar-refractivity contribution in [3.63, 3.8) is 0 Å². The number of amides is 1. The molecule has 10 heteroatoms. The number of carbonyl (C=O) groups excluding carboxylic acids is 1. The third-order valence-corrected chi connectivity index (χ3v) is 8.48. The molecule has 1 aromatic heterocycles. The highest BCUT2D eigenvalue weighted by Crippen LogP contribution is 2.26. The Bertz CT molecular complexity index is 1090. The normalized spacial score (nSPS) is 18.4. The molecule has 1 amide bonds. The summed E-state index contributed by atoms with van der Waals surface area (Å²) in [6, 6.07) is 8.87. The Kier molecular flexibility index (Phi) is 6.85. The van der Waals surface area contributed by atoms with Crippen LogP contribution >= 0.6 is 0 Å². The van der Waals surface area contributed by atoms with Crippen LogP contribution in [0.2, 0.25) is 0 Å². The molecule has 9 nitrogen and oxygen atoms in total. The predicted octanol–water partition coefficient (Wildman–Crippen LogP) is 2.49. The largest absolute Gasteiger partial charge is 0.355 e. The number of piperidine rings is 1. The maximum atomic E-state index is 13.2. The Labute approximate surface area is 195 Å². The second-order valence-corrected chi connectivity index (χ2v) is 10.9. The monoisotopic (exact) mass is 472 g/mol. The molecule has 1 N–H and O–H groups in total. The molecule has 178 valence electrons. The van der Waals surface area contributed by atoms with Crippen LogP contribution in [0.4, 0.5) is 17.3 Å². The molecule has 0 spiro atoms. The topological polar surface area (TPSA) is 98.7 Å². The van der Waals surface area contributed by atoms with Crippen molar-refractivity contribution in [2.45, 2.75) is 38.5 Å². The quantitative estimate of drug-likeness (QED) is 0.714. The summed E-state index contributed by atoms with van der Waals surface area (Å²) < 4.78 is 27.9. The Morgan fingerprint density at radius 3 is 2.03 bits per heavy atom. The van der Waals surface area contributed by atoms with Crippen molar-refractivity contribution in [3.8, 4) is 0 Å². The van der Waals surface area contributed by atoms with Gasteiger partial charge in [-0.05, 0) is 61.6 Å². The van der Waals surface area contributed by atoms with Gasteiger partial charge in [0.25, 0.3) is 0 Å². The zero-order valence-electron chi connectivity index (χ0n) is 19.5. The zero-order valence-corrected chi connectivity index (χ0v) is 20.3. The van der Waals surface area contributed by atoms with E-state index in [9.17, 15) is 13.2 Å². The lowest BCUT2D eigenvalue weighted by molar-refractivity contribution is -0.114. The van der Waals surface area contributed by atoms with Crippen LogP contribution in [0, 0.1) is 12.8 Å². The molecule has 2 aliphatic rings. The van der Waals surface area contributed by atoms with E-state index in [0.29, 0.717) is 37.4 Å². The van der Waals surface area contributed by atoms with E-state index < -0.39 is 10.0 Å². The van der Waals surface area contributed by atoms with Crippen LogP contribution in [0.5, 0.6) is 0 Å². The van der Waals surface area contributed by atoms with Gasteiger partial charge in [0.2, 0.25) is 15.9 Å². The Balaban J connectivity index is 1.38. The van der Waals surface area contributed by atoms with Gasteiger partial charge in [-0.1, -0.05) is 6.92 Å². The van der Waals surface area contributed by atoms with Crippen molar-refractivity contribution < 1.29 is 13.2 Å². The first-order valence-electron chi connectivity index (χ1n) is 11.5. The van der Waals surface area contributed by atoms with Crippen LogP contribution < -0.4 is 15.1 Å². The number of anilines is 3. The number of piperazine rings is 1. The van der Waals surface area contributed by atoms with E-state index >= 15 is 0 Å². The molecular weight excluding hydrogens is 440 g/mol. The van der Waals surface area contributed by atoms with Crippen molar-refractivity contribution in [3.05, 3.63) is 35.9 Å². The summed E-state index contributed by atoms with van der Waals surface area (Å²) in [5.41, 5.74) is 1.20. The van der Waals surface area contributed by atoms with Crippen molar-refractivity contribution in [2.24, 2.45) is 5.92 Å². The fourth-order valence-corrected chi connectivity index (χ4v) is 6.04. The van der Waals surface area contributed by atoms with Gasteiger partial charge in [0.15, 0.2) is 11.6 Å². The highest BCUT2D eigenvalue weighted by molar-refractivity contribution is 7.89. The molecule has 0 atom stereocenters. The molecule has 4 rings (SSSR count). The molecule has 1 aromatic carbocycles. The van der Waals surface area contributed by atoms with E-state index in [1.807, 2.05) is 12.1 Å². The number of benzene rings is 1. The Morgan fingerprint density at radius 2 is 1.52 bits per heavy atom. The standard InChI is InChI=1S/C23H32N6O3S/c1-17-8-10-27(11-9-17)22-6-7-23(26-25-22)28-12-14-29(15-13-28)33(31,32)21-5-4-20(16-18(21)2)24-19(3)30/h4-7,16-17H,8-15H2,1-3H3,(H,24,30). The van der Waals surface area contributed by atoms with E-state index in [2.05, 4.69) is 32.2 Å². The van der Waals surface area contributed by atoms with Gasteiger partial charge >= 0.3 is 0 Å². The van der Waals surface area contributed by atoms with Crippen LogP contribution in [0.1, 0.15) is 32.3 Å². The van der Waals surface area contributed by atoms with Crippen LogP contribution in [0.3, 0.4) is 0 Å². The smallest absolute Gasteiger partial charge is 0.243 e. The van der Waals surface area contributed by atoms with Gasteiger partial charge in [-0.15, -0.1) is 10.2 Å². The first-order chi connectivity index (χ1) is 15.7. The molecule has 0 aliphatic carbocycles. The van der Waals surface area contributed by atoms with E-state index in [1.165, 1.54) is 24.1 Å². The molecule has 0 bridgehead atoms. The van der Waals surface area contributed by atoms with Gasteiger partial charge in [-0.2, -0.15) is 4.31 Å². The predicted molar refractivity (Wildman–Crippen MR) is 129 cm³/mol. The lowest BCUT2D eigenvalue weighted by Gasteiger charge is -2.35. The number of sulfonamides is 1. The average Bonchev–Trinajstić information content (AvgIpc) is 2.79. The average molecular weight is 473 g/mol. The van der Waals surface area contributed by atoms with E-state index in [4.69, 9.17) is 0 Å². The summed E-state index contributed by atoms with van der Waals surface area (Å²) in [5.74, 6) is 2.25. The summed E-state index contributed by atoms with van der Waals surface area (Å²) in [7, 11) is -3.62. The number of nitrogens with one attached hydrogen (secondary N) is 1. The minimum Gasteiger partial charge on any atom is -0.355 e. The zero-order chi connectivity index (χ0) is 23.6. The van der Waals surface area contributed by atoms with Gasteiger partial charge in [0.05, 0.1) is 4.90 Å². The molecule has 2 fully saturated rings. The van der Waals surface area contributed by atoms with Gasteiger partial charge < -0.3 is 15.1 Å². The molecule has 0 saturated carbocycles. The minimum atomic E-state index is -3.62. The minimum absolute atomic E-state index is 0.192. The molecular formula is C23H32N6O3S. The summed E-state index contributed by atoms with van der Waals surface area (Å²) in [6.45, 7) is 9.34. The van der Waals surface area contributed by atoms with Gasteiger partial charge in [-0.3, -0.25) is 4.79 Å². The molecule has 3 heterocycles. The first-order valence-corrected chi connectivity index (χ1v) is 12.9. The van der Waals surface area contributed by atoms with Crippen molar-refractivity contribution in [2.75, 3.05) is 54.4 Å². The molecule has 2 aliphatic heterocycles. The van der Waals surface area contributed by atoms with Gasteiger partial charge in [0.1, 0.15) is 0 Å². The molecule has 0 unspecified atom stereocenters. The molecule has 33 heavy (non-hydrogen) atoms. The highest BCUT2D eigenvalue weighted by Gasteiger charge is 2.30. The maximum absolute atomic E-state index is 13.2. The SMILES string of the molecule is CC(=O)Nc1ccc(S(=O)(=O)N2CCN(c3ccc(N4CCC(C)CC4)nn3)CC2)c(C)c1. The van der Waals surface area contributed by atoms with Crippen LogP contribution in [0.15, 0.2) is 35.2 Å². The number of nitrogens with zero attached hydrogens (tertiary/aromatic N) is 5. The third-order valence-electron chi connectivity index (χ3n) is 6.42. The van der Waals surface area contributed by atoms with Crippen molar-refractivity contribution in [1.82, 2.24) is 14.5 Å². The third kappa shape index (κ3) is 5.27. The fourth-order valence-electron chi connectivity index (χ4n) is 4.41. The Morgan fingerprint density at radius 1 is 0.939 bits per heavy atom. The Hall–Kier alpha value is -2.72. The fraction of sp³-hybridized carbons (Fsp3) is 0.522. The summed E-state index contributed by atoms with van der Waals surface area (Å²) in [5, 5.41) is 11.5. The van der Waals surface area contributed by atoms with Crippen LogP contribution in [-0.2, 0) is 14.8 Å². The number of hydrogen-bond donors (Lipinski definition) is 1. The molecule has 2 saturated heterocycles. The van der Waals surface area contributed by atoms with Crippen molar-refractivity contribution in [1.29, 1.82) is 0 Å². The number of carbonyl (C=O) groups is 1. The number of aromatic nitrogens is 2. The van der Waals surface area contributed by atoms with Crippen LogP contribution in [0.25, 0.3) is 0 Å². The second kappa shape index (κ2) is 9.64. The summed E-state index contributed by atoms with van der Waals surface area (Å²) in [6.07, 6.45) is 2.35. The highest BCUT2D eigenvalue weighted by atomic mass is 32.2. The second-order valence-electron chi connectivity index (χ2n) is 8.97. The van der Waals surface area contributed by atoms with E-state index in [1.54, 1.807) is 25.1 Å². The van der Waals surface area contributed by atoms with Gasteiger partial charge in [-0.25, -0.2) is 8.42 Å². The molecule has 2 aromatic rings. The number of hydrogen-bond acceptors (Lipinski definition) is 7. The number of rotatable bonds is 5. The van der Waals surface area contributed by atoms with E-state index in [-0.39, 0.29) is 10.8 Å². The van der Waals surface area contributed by atoms with E-state index in [0.717, 1.165) is 30.6 Å². The number of aryl methyl sites for hydroxylation is 1. The lowest BCUT2D eigenvalue weighted by atomic mass is 9.99. The van der Waals surface area contributed by atoms with Gasteiger partial charge in [0, 0.05) is 51.9 Å². The maximum Gasteiger partial charge on any atom is 0.243 e. The summed E-state index contributed by atoms with van der Waals surface area (Å²) >= 11 is 0. The lowest BCUT2D eigenvalue weighted by Crippen LogP contribution is -2.49.